The lowest BCUT2D eigenvalue weighted by atomic mass is 10.0. The second-order valence-corrected chi connectivity index (χ2v) is 3.22. The lowest BCUT2D eigenvalue weighted by Gasteiger charge is -2.16. The van der Waals surface area contributed by atoms with E-state index in [4.69, 9.17) is 10.6 Å². The van der Waals surface area contributed by atoms with Crippen molar-refractivity contribution in [1.29, 1.82) is 0 Å². The highest BCUT2D eigenvalue weighted by Crippen LogP contribution is 2.18. The molecular weight excluding hydrogens is 166 g/mol. The maximum Gasteiger partial charge on any atom is 0.0930 e. The standard InChI is InChI=1S/C10H13NO2/c11-13-6-8-1-2-10-7-12-4-3-9(10)5-8/h1-2,5H,3-4,6-7,11H2. The van der Waals surface area contributed by atoms with Crippen LogP contribution in [0.2, 0.25) is 0 Å². The summed E-state index contributed by atoms with van der Waals surface area (Å²) < 4.78 is 5.34. The normalized spacial score (nSPS) is 15.5. The van der Waals surface area contributed by atoms with Crippen LogP contribution in [0.1, 0.15) is 16.7 Å². The van der Waals surface area contributed by atoms with Gasteiger partial charge in [-0.1, -0.05) is 18.2 Å². The van der Waals surface area contributed by atoms with Gasteiger partial charge in [-0.25, -0.2) is 5.90 Å². The van der Waals surface area contributed by atoms with Crippen LogP contribution in [-0.2, 0) is 29.2 Å². The largest absolute Gasteiger partial charge is 0.376 e. The first kappa shape index (κ1) is 8.69. The fraction of sp³-hybridized carbons (Fsp3) is 0.400. The first-order valence-corrected chi connectivity index (χ1v) is 4.40. The fourth-order valence-corrected chi connectivity index (χ4v) is 1.60. The van der Waals surface area contributed by atoms with Gasteiger partial charge in [0.15, 0.2) is 0 Å². The summed E-state index contributed by atoms with van der Waals surface area (Å²) in [6.45, 7) is 2.03. The van der Waals surface area contributed by atoms with Gasteiger partial charge in [0, 0.05) is 0 Å². The van der Waals surface area contributed by atoms with Gasteiger partial charge in [-0.3, -0.25) is 4.84 Å². The van der Waals surface area contributed by atoms with Crippen LogP contribution in [-0.4, -0.2) is 6.61 Å². The van der Waals surface area contributed by atoms with Gasteiger partial charge in [0.05, 0.1) is 19.8 Å². The smallest absolute Gasteiger partial charge is 0.0930 e. The SMILES string of the molecule is NOCc1ccc2c(c1)CCOC2. The van der Waals surface area contributed by atoms with Crippen molar-refractivity contribution in [2.75, 3.05) is 6.61 Å². The molecule has 1 aromatic rings. The predicted octanol–water partition coefficient (Wildman–Crippen LogP) is 1.15. The summed E-state index contributed by atoms with van der Waals surface area (Å²) in [5, 5.41) is 0. The first-order valence-electron chi connectivity index (χ1n) is 4.40. The Balaban J connectivity index is 2.24. The molecule has 0 radical (unpaired) electrons. The summed E-state index contributed by atoms with van der Waals surface area (Å²) in [5.74, 6) is 5.01. The van der Waals surface area contributed by atoms with E-state index in [1.54, 1.807) is 0 Å². The molecule has 0 bridgehead atoms. The summed E-state index contributed by atoms with van der Waals surface area (Å²) >= 11 is 0. The van der Waals surface area contributed by atoms with Gasteiger partial charge < -0.3 is 4.74 Å². The van der Waals surface area contributed by atoms with E-state index in [-0.39, 0.29) is 0 Å². The first-order chi connectivity index (χ1) is 6.40. The molecule has 1 aliphatic rings. The number of ether oxygens (including phenoxy) is 1. The monoisotopic (exact) mass is 179 g/mol. The van der Waals surface area contributed by atoms with Crippen molar-refractivity contribution in [3.63, 3.8) is 0 Å². The molecule has 0 fully saturated rings. The van der Waals surface area contributed by atoms with Gasteiger partial charge in [-0.15, -0.1) is 0 Å². The Hall–Kier alpha value is -0.900. The molecule has 2 N–H and O–H groups in total. The average molecular weight is 179 g/mol. The molecule has 0 saturated carbocycles. The minimum atomic E-state index is 0.480. The summed E-state index contributed by atoms with van der Waals surface area (Å²) in [6.07, 6.45) is 0.994. The molecule has 3 nitrogen and oxygen atoms in total. The average Bonchev–Trinajstić information content (AvgIpc) is 2.18. The summed E-state index contributed by atoms with van der Waals surface area (Å²) in [7, 11) is 0. The van der Waals surface area contributed by atoms with E-state index >= 15 is 0 Å². The van der Waals surface area contributed by atoms with E-state index < -0.39 is 0 Å². The van der Waals surface area contributed by atoms with Crippen LogP contribution in [0.15, 0.2) is 18.2 Å². The molecule has 1 aromatic carbocycles. The molecule has 2 rings (SSSR count). The van der Waals surface area contributed by atoms with Crippen molar-refractivity contribution in [1.82, 2.24) is 0 Å². The van der Waals surface area contributed by atoms with Crippen molar-refractivity contribution in [3.8, 4) is 0 Å². The summed E-state index contributed by atoms with van der Waals surface area (Å²) in [5.41, 5.74) is 3.77. The van der Waals surface area contributed by atoms with Gasteiger partial charge in [0.2, 0.25) is 0 Å². The minimum absolute atomic E-state index is 0.480. The van der Waals surface area contributed by atoms with Crippen LogP contribution in [0, 0.1) is 0 Å². The fourth-order valence-electron chi connectivity index (χ4n) is 1.60. The molecule has 0 atom stereocenters. The molecule has 1 heterocycles. The van der Waals surface area contributed by atoms with Crippen LogP contribution in [0.4, 0.5) is 0 Å². The highest BCUT2D eigenvalue weighted by molar-refractivity contribution is 5.32. The van der Waals surface area contributed by atoms with Gasteiger partial charge in [-0.05, 0) is 23.1 Å². The van der Waals surface area contributed by atoms with Crippen molar-refractivity contribution in [3.05, 3.63) is 34.9 Å². The van der Waals surface area contributed by atoms with E-state index in [0.29, 0.717) is 6.61 Å². The third kappa shape index (κ3) is 1.88. The van der Waals surface area contributed by atoms with Crippen molar-refractivity contribution in [2.24, 2.45) is 5.90 Å². The van der Waals surface area contributed by atoms with E-state index in [0.717, 1.165) is 25.2 Å². The zero-order valence-corrected chi connectivity index (χ0v) is 7.45. The number of benzene rings is 1. The maximum absolute atomic E-state index is 5.34. The van der Waals surface area contributed by atoms with Crippen molar-refractivity contribution >= 4 is 0 Å². The highest BCUT2D eigenvalue weighted by atomic mass is 16.6. The Bertz CT molecular complexity index is 299. The quantitative estimate of drug-likeness (QED) is 0.692. The molecule has 0 spiro atoms. The van der Waals surface area contributed by atoms with Gasteiger partial charge in [0.25, 0.3) is 0 Å². The summed E-state index contributed by atoms with van der Waals surface area (Å²) in [4.78, 5) is 4.59. The number of fused-ring (bicyclic) bond motifs is 1. The predicted molar refractivity (Wildman–Crippen MR) is 48.8 cm³/mol. The van der Waals surface area contributed by atoms with E-state index in [2.05, 4.69) is 17.0 Å². The van der Waals surface area contributed by atoms with Crippen LogP contribution in [0.5, 0.6) is 0 Å². The molecule has 0 unspecified atom stereocenters. The Morgan fingerprint density at radius 1 is 1.38 bits per heavy atom. The van der Waals surface area contributed by atoms with E-state index in [1.165, 1.54) is 11.1 Å². The molecule has 70 valence electrons. The summed E-state index contributed by atoms with van der Waals surface area (Å²) in [6, 6.07) is 6.26. The molecule has 0 saturated heterocycles. The third-order valence-corrected chi connectivity index (χ3v) is 2.29. The molecule has 13 heavy (non-hydrogen) atoms. The maximum atomic E-state index is 5.34. The van der Waals surface area contributed by atoms with E-state index in [9.17, 15) is 0 Å². The highest BCUT2D eigenvalue weighted by Gasteiger charge is 2.09. The molecule has 0 aliphatic carbocycles. The molecule has 0 aromatic heterocycles. The second kappa shape index (κ2) is 3.87. The Labute approximate surface area is 77.4 Å². The topological polar surface area (TPSA) is 44.5 Å². The lowest BCUT2D eigenvalue weighted by Crippen LogP contribution is -2.10. The van der Waals surface area contributed by atoms with Crippen LogP contribution >= 0.6 is 0 Å². The number of hydrogen-bond donors (Lipinski definition) is 1. The Kier molecular flexibility index (Phi) is 2.59. The van der Waals surface area contributed by atoms with Crippen LogP contribution in [0.3, 0.4) is 0 Å². The van der Waals surface area contributed by atoms with Crippen molar-refractivity contribution < 1.29 is 9.57 Å². The van der Waals surface area contributed by atoms with Crippen LogP contribution in [0.25, 0.3) is 0 Å². The van der Waals surface area contributed by atoms with Gasteiger partial charge in [-0.2, -0.15) is 0 Å². The van der Waals surface area contributed by atoms with Gasteiger partial charge >= 0.3 is 0 Å². The number of rotatable bonds is 2. The number of nitrogens with two attached hydrogens (primary N) is 1. The zero-order valence-electron chi connectivity index (χ0n) is 7.45. The molecular formula is C10H13NO2. The van der Waals surface area contributed by atoms with E-state index in [1.807, 2.05) is 6.07 Å². The molecule has 3 heteroatoms. The third-order valence-electron chi connectivity index (χ3n) is 2.29. The Morgan fingerprint density at radius 3 is 3.15 bits per heavy atom. The van der Waals surface area contributed by atoms with Gasteiger partial charge in [0.1, 0.15) is 0 Å². The van der Waals surface area contributed by atoms with Crippen molar-refractivity contribution in [2.45, 2.75) is 19.6 Å². The second-order valence-electron chi connectivity index (χ2n) is 3.22. The molecule has 1 aliphatic heterocycles. The zero-order chi connectivity index (χ0) is 9.10. The lowest BCUT2D eigenvalue weighted by molar-refractivity contribution is 0.109. The Morgan fingerprint density at radius 2 is 2.31 bits per heavy atom. The number of hydrogen-bond acceptors (Lipinski definition) is 3. The molecule has 0 amide bonds. The van der Waals surface area contributed by atoms with Crippen LogP contribution < -0.4 is 5.90 Å². The minimum Gasteiger partial charge on any atom is -0.376 e.